The van der Waals surface area contributed by atoms with E-state index >= 15 is 0 Å². The number of carbonyl (C=O) groups excluding carboxylic acids is 3. The molecule has 7 nitrogen and oxygen atoms in total. The highest BCUT2D eigenvalue weighted by atomic mass is 16.5. The summed E-state index contributed by atoms with van der Waals surface area (Å²) >= 11 is 0. The van der Waals surface area contributed by atoms with Crippen molar-refractivity contribution in [3.8, 4) is 11.5 Å². The van der Waals surface area contributed by atoms with Crippen molar-refractivity contribution >= 4 is 23.4 Å². The average molecular weight is 487 g/mol. The van der Waals surface area contributed by atoms with E-state index in [0.29, 0.717) is 29.2 Å². The Bertz CT molecular complexity index is 1270. The third-order valence-corrected chi connectivity index (χ3v) is 6.44. The van der Waals surface area contributed by atoms with Crippen molar-refractivity contribution in [2.45, 2.75) is 32.7 Å². The summed E-state index contributed by atoms with van der Waals surface area (Å²) in [5, 5.41) is 0. The number of hydrogen-bond acceptors (Lipinski definition) is 5. The topological polar surface area (TPSA) is 76.2 Å². The van der Waals surface area contributed by atoms with E-state index in [-0.39, 0.29) is 24.8 Å². The SMILES string of the molecule is COc1ccc(CCN(C(=O)c2ccc(C)cc2)C2CC(=O)N(c3ccc(C)cc3)C2=O)cc1OC. The van der Waals surface area contributed by atoms with E-state index in [2.05, 4.69) is 0 Å². The molecule has 1 saturated heterocycles. The maximum atomic E-state index is 13.6. The molecule has 0 spiro atoms. The second-order valence-electron chi connectivity index (χ2n) is 8.93. The van der Waals surface area contributed by atoms with Crippen LogP contribution in [-0.4, -0.2) is 49.4 Å². The van der Waals surface area contributed by atoms with Crippen LogP contribution < -0.4 is 14.4 Å². The quantitative estimate of drug-likeness (QED) is 0.443. The van der Waals surface area contributed by atoms with E-state index in [4.69, 9.17) is 9.47 Å². The first-order chi connectivity index (χ1) is 17.3. The Morgan fingerprint density at radius 3 is 2.11 bits per heavy atom. The third-order valence-electron chi connectivity index (χ3n) is 6.44. The van der Waals surface area contributed by atoms with Gasteiger partial charge in [0.15, 0.2) is 11.5 Å². The van der Waals surface area contributed by atoms with Crippen LogP contribution in [0.1, 0.15) is 33.5 Å². The van der Waals surface area contributed by atoms with Crippen LogP contribution in [0, 0.1) is 13.8 Å². The maximum absolute atomic E-state index is 13.6. The molecule has 1 unspecified atom stereocenters. The Kier molecular flexibility index (Phi) is 7.38. The van der Waals surface area contributed by atoms with Gasteiger partial charge in [-0.05, 0) is 62.2 Å². The fourth-order valence-electron chi connectivity index (χ4n) is 4.37. The minimum Gasteiger partial charge on any atom is -0.493 e. The molecule has 0 N–H and O–H groups in total. The van der Waals surface area contributed by atoms with Crippen LogP contribution in [0.15, 0.2) is 66.7 Å². The van der Waals surface area contributed by atoms with Crippen LogP contribution >= 0.6 is 0 Å². The highest BCUT2D eigenvalue weighted by Crippen LogP contribution is 2.30. The summed E-state index contributed by atoms with van der Waals surface area (Å²) < 4.78 is 10.7. The summed E-state index contributed by atoms with van der Waals surface area (Å²) in [4.78, 5) is 42.8. The van der Waals surface area contributed by atoms with Gasteiger partial charge < -0.3 is 14.4 Å². The van der Waals surface area contributed by atoms with Crippen molar-refractivity contribution in [3.05, 3.63) is 89.0 Å². The number of nitrogens with zero attached hydrogens (tertiary/aromatic N) is 2. The predicted molar refractivity (Wildman–Crippen MR) is 138 cm³/mol. The largest absolute Gasteiger partial charge is 0.493 e. The molecule has 0 aliphatic carbocycles. The summed E-state index contributed by atoms with van der Waals surface area (Å²) in [6, 6.07) is 19.1. The molecule has 0 radical (unpaired) electrons. The number of anilines is 1. The van der Waals surface area contributed by atoms with Gasteiger partial charge in [-0.1, -0.05) is 41.5 Å². The molecule has 3 aromatic rings. The first-order valence-corrected chi connectivity index (χ1v) is 11.8. The zero-order chi connectivity index (χ0) is 25.8. The van der Waals surface area contributed by atoms with E-state index in [9.17, 15) is 14.4 Å². The molecule has 0 bridgehead atoms. The van der Waals surface area contributed by atoms with Gasteiger partial charge in [-0.3, -0.25) is 14.4 Å². The molecule has 1 fully saturated rings. The van der Waals surface area contributed by atoms with Crippen LogP contribution in [0.5, 0.6) is 11.5 Å². The molecule has 1 aliphatic heterocycles. The molecule has 1 aliphatic rings. The fraction of sp³-hybridized carbons (Fsp3) is 0.276. The van der Waals surface area contributed by atoms with Crippen LogP contribution in [0.3, 0.4) is 0 Å². The molecule has 0 saturated carbocycles. The minimum atomic E-state index is -0.882. The normalized spacial score (nSPS) is 15.2. The number of amides is 3. The average Bonchev–Trinajstić information content (AvgIpc) is 3.18. The molecular formula is C29H30N2O5. The lowest BCUT2D eigenvalue weighted by atomic mass is 10.1. The van der Waals surface area contributed by atoms with Gasteiger partial charge in [0.25, 0.3) is 11.8 Å². The van der Waals surface area contributed by atoms with Gasteiger partial charge in [0.1, 0.15) is 6.04 Å². The van der Waals surface area contributed by atoms with Crippen LogP contribution in [0.4, 0.5) is 5.69 Å². The van der Waals surface area contributed by atoms with Crippen molar-refractivity contribution < 1.29 is 23.9 Å². The smallest absolute Gasteiger partial charge is 0.257 e. The molecule has 7 heteroatoms. The highest BCUT2D eigenvalue weighted by molar-refractivity contribution is 6.23. The second kappa shape index (κ2) is 10.6. The van der Waals surface area contributed by atoms with E-state index in [0.717, 1.165) is 16.7 Å². The molecule has 0 aromatic heterocycles. The number of hydrogen-bond donors (Lipinski definition) is 0. The Labute approximate surface area is 211 Å². The molecule has 4 rings (SSSR count). The lowest BCUT2D eigenvalue weighted by Gasteiger charge is -2.28. The zero-order valence-corrected chi connectivity index (χ0v) is 21.0. The lowest BCUT2D eigenvalue weighted by molar-refractivity contribution is -0.122. The first-order valence-electron chi connectivity index (χ1n) is 11.8. The summed E-state index contributed by atoms with van der Waals surface area (Å²) in [6.45, 7) is 4.14. The number of aryl methyl sites for hydroxylation is 2. The molecule has 186 valence electrons. The lowest BCUT2D eigenvalue weighted by Crippen LogP contribution is -2.46. The number of ether oxygens (including phenoxy) is 2. The Morgan fingerprint density at radius 2 is 1.50 bits per heavy atom. The molecule has 1 heterocycles. The molecule has 1 atom stereocenters. The summed E-state index contributed by atoms with van der Waals surface area (Å²) in [6.07, 6.45) is 0.413. The van der Waals surface area contributed by atoms with Gasteiger partial charge >= 0.3 is 0 Å². The summed E-state index contributed by atoms with van der Waals surface area (Å²) in [5.74, 6) is 0.203. The standard InChI is InChI=1S/C29H30N2O5/c1-19-5-10-22(11-6-19)28(33)30(16-15-21-9-14-25(35-3)26(17-21)36-4)24-18-27(32)31(29(24)34)23-12-7-20(2)8-13-23/h5-14,17,24H,15-16,18H2,1-4H3. The van der Waals surface area contributed by atoms with Gasteiger partial charge in [-0.25, -0.2) is 4.90 Å². The first kappa shape index (κ1) is 25.0. The summed E-state index contributed by atoms with van der Waals surface area (Å²) in [7, 11) is 3.14. The maximum Gasteiger partial charge on any atom is 0.257 e. The Hall–Kier alpha value is -4.13. The Balaban J connectivity index is 1.63. The Morgan fingerprint density at radius 1 is 0.889 bits per heavy atom. The van der Waals surface area contributed by atoms with Crippen LogP contribution in [0.25, 0.3) is 0 Å². The zero-order valence-electron chi connectivity index (χ0n) is 21.0. The fourth-order valence-corrected chi connectivity index (χ4v) is 4.37. The highest BCUT2D eigenvalue weighted by Gasteiger charge is 2.44. The van der Waals surface area contributed by atoms with Crippen molar-refractivity contribution in [1.82, 2.24) is 4.90 Å². The van der Waals surface area contributed by atoms with Gasteiger partial charge in [0, 0.05) is 12.1 Å². The molecule has 36 heavy (non-hydrogen) atoms. The van der Waals surface area contributed by atoms with Crippen LogP contribution in [-0.2, 0) is 16.0 Å². The van der Waals surface area contributed by atoms with E-state index < -0.39 is 11.9 Å². The van der Waals surface area contributed by atoms with E-state index in [1.54, 1.807) is 38.5 Å². The van der Waals surface area contributed by atoms with Crippen molar-refractivity contribution in [2.24, 2.45) is 0 Å². The van der Waals surface area contributed by atoms with Crippen molar-refractivity contribution in [2.75, 3.05) is 25.7 Å². The van der Waals surface area contributed by atoms with Gasteiger partial charge in [-0.15, -0.1) is 0 Å². The van der Waals surface area contributed by atoms with E-state index in [1.165, 1.54) is 9.80 Å². The number of methoxy groups -OCH3 is 2. The van der Waals surface area contributed by atoms with E-state index in [1.807, 2.05) is 56.3 Å². The number of carbonyl (C=O) groups is 3. The number of rotatable bonds is 8. The second-order valence-corrected chi connectivity index (χ2v) is 8.93. The molecule has 3 aromatic carbocycles. The minimum absolute atomic E-state index is 0.0593. The van der Waals surface area contributed by atoms with Crippen LogP contribution in [0.2, 0.25) is 0 Å². The summed E-state index contributed by atoms with van der Waals surface area (Å²) in [5.41, 5.74) is 3.96. The monoisotopic (exact) mass is 486 g/mol. The number of imide groups is 1. The third kappa shape index (κ3) is 5.10. The van der Waals surface area contributed by atoms with Gasteiger partial charge in [0.05, 0.1) is 26.3 Å². The molecular weight excluding hydrogens is 456 g/mol. The van der Waals surface area contributed by atoms with Gasteiger partial charge in [0.2, 0.25) is 5.91 Å². The predicted octanol–water partition coefficient (Wildman–Crippen LogP) is 4.34. The van der Waals surface area contributed by atoms with Crippen molar-refractivity contribution in [1.29, 1.82) is 0 Å². The molecule has 3 amide bonds. The van der Waals surface area contributed by atoms with Crippen molar-refractivity contribution in [3.63, 3.8) is 0 Å². The number of benzene rings is 3. The van der Waals surface area contributed by atoms with Gasteiger partial charge in [-0.2, -0.15) is 0 Å².